The van der Waals surface area contributed by atoms with Gasteiger partial charge in [0.1, 0.15) is 23.4 Å². The van der Waals surface area contributed by atoms with Gasteiger partial charge in [0, 0.05) is 25.7 Å². The highest BCUT2D eigenvalue weighted by atomic mass is 16.3. The molecule has 3 aromatic heterocycles. The first kappa shape index (κ1) is 16.5. The number of anilines is 1. The average Bonchev–Trinajstić information content (AvgIpc) is 3.49. The van der Waals surface area contributed by atoms with E-state index < -0.39 is 0 Å². The first-order valence-corrected chi connectivity index (χ1v) is 10.1. The molecule has 146 valence electrons. The maximum atomic E-state index is 6.15. The number of hydrazine groups is 1. The lowest BCUT2D eigenvalue weighted by atomic mass is 10.1. The molecule has 0 amide bonds. The summed E-state index contributed by atoms with van der Waals surface area (Å²) >= 11 is 0. The zero-order valence-corrected chi connectivity index (χ0v) is 15.6. The van der Waals surface area contributed by atoms with Crippen LogP contribution in [0.1, 0.15) is 30.4 Å². The van der Waals surface area contributed by atoms with Crippen molar-refractivity contribution >= 4 is 17.0 Å². The van der Waals surface area contributed by atoms with Crippen LogP contribution in [0.25, 0.3) is 11.2 Å². The van der Waals surface area contributed by atoms with Gasteiger partial charge in [-0.25, -0.2) is 20.4 Å². The van der Waals surface area contributed by atoms with Gasteiger partial charge in [0.05, 0.1) is 18.9 Å². The van der Waals surface area contributed by atoms with Gasteiger partial charge in [0.2, 0.25) is 0 Å². The van der Waals surface area contributed by atoms with E-state index in [-0.39, 0.29) is 6.04 Å². The Kier molecular flexibility index (Phi) is 3.85. The Morgan fingerprint density at radius 2 is 2.14 bits per heavy atom. The molecule has 0 radical (unpaired) electrons. The van der Waals surface area contributed by atoms with Crippen molar-refractivity contribution < 1.29 is 4.42 Å². The summed E-state index contributed by atoms with van der Waals surface area (Å²) in [5.41, 5.74) is 8.11. The molecule has 28 heavy (non-hydrogen) atoms. The van der Waals surface area contributed by atoms with Crippen LogP contribution in [-0.4, -0.2) is 57.1 Å². The van der Waals surface area contributed by atoms with E-state index in [1.54, 1.807) is 12.7 Å². The van der Waals surface area contributed by atoms with E-state index >= 15 is 0 Å². The molecule has 3 saturated heterocycles. The SMILES string of the molecule is c1nc(N2C[C@H]3CCN(Cc4ccc(C5CCNN5)o4)[C@H]3C2)c2[nH]cnc2n1. The van der Waals surface area contributed by atoms with E-state index in [0.717, 1.165) is 67.6 Å². The second kappa shape index (κ2) is 6.54. The molecule has 3 aromatic rings. The van der Waals surface area contributed by atoms with Crippen LogP contribution in [0.3, 0.4) is 0 Å². The van der Waals surface area contributed by atoms with Crippen LogP contribution >= 0.6 is 0 Å². The number of likely N-dealkylation sites (tertiary alicyclic amines) is 1. The number of aromatic amines is 1. The standard InChI is InChI=1S/C19H24N8O/c1-2-16(14-3-5-24-25-14)28-13(1)8-26-6-4-12-7-27(9-15(12)26)19-17-18(21-10-20-17)22-11-23-19/h1-2,10-12,14-15,24-25H,3-9H2,(H,20,21,22,23)/t12-,14?,15+/m1/s1. The first-order valence-electron chi connectivity index (χ1n) is 10.1. The molecule has 6 rings (SSSR count). The van der Waals surface area contributed by atoms with Crippen molar-refractivity contribution in [1.82, 2.24) is 35.7 Å². The molecule has 6 heterocycles. The lowest BCUT2D eigenvalue weighted by Gasteiger charge is -2.24. The third kappa shape index (κ3) is 2.69. The number of nitrogens with zero attached hydrogens (tertiary/aromatic N) is 5. The minimum Gasteiger partial charge on any atom is -0.463 e. The molecular formula is C19H24N8O. The van der Waals surface area contributed by atoms with E-state index in [1.165, 1.54) is 6.42 Å². The van der Waals surface area contributed by atoms with Gasteiger partial charge in [-0.3, -0.25) is 10.3 Å². The second-order valence-electron chi connectivity index (χ2n) is 8.01. The van der Waals surface area contributed by atoms with Crippen molar-refractivity contribution in [3.63, 3.8) is 0 Å². The van der Waals surface area contributed by atoms with Crippen LogP contribution in [-0.2, 0) is 6.54 Å². The summed E-state index contributed by atoms with van der Waals surface area (Å²) in [5, 5.41) is 0. The maximum absolute atomic E-state index is 6.15. The molecule has 1 unspecified atom stereocenters. The lowest BCUT2D eigenvalue weighted by molar-refractivity contribution is 0.222. The highest BCUT2D eigenvalue weighted by Crippen LogP contribution is 2.36. The highest BCUT2D eigenvalue weighted by Gasteiger charge is 2.42. The van der Waals surface area contributed by atoms with Gasteiger partial charge in [-0.05, 0) is 37.4 Å². The zero-order chi connectivity index (χ0) is 18.5. The molecular weight excluding hydrogens is 356 g/mol. The fraction of sp³-hybridized carbons (Fsp3) is 0.526. The van der Waals surface area contributed by atoms with E-state index in [9.17, 15) is 0 Å². The smallest absolute Gasteiger partial charge is 0.182 e. The molecule has 3 aliphatic rings. The van der Waals surface area contributed by atoms with E-state index in [4.69, 9.17) is 4.42 Å². The molecule has 9 nitrogen and oxygen atoms in total. The van der Waals surface area contributed by atoms with Crippen molar-refractivity contribution in [3.05, 3.63) is 36.3 Å². The molecule has 3 atom stereocenters. The topological polar surface area (TPSA) is 98.1 Å². The summed E-state index contributed by atoms with van der Waals surface area (Å²) < 4.78 is 6.15. The van der Waals surface area contributed by atoms with Gasteiger partial charge in [0.15, 0.2) is 11.5 Å². The summed E-state index contributed by atoms with van der Waals surface area (Å²) in [5.74, 6) is 3.73. The molecule has 3 fully saturated rings. The van der Waals surface area contributed by atoms with E-state index in [0.29, 0.717) is 12.0 Å². The third-order valence-electron chi connectivity index (χ3n) is 6.38. The number of hydrogen-bond donors (Lipinski definition) is 3. The largest absolute Gasteiger partial charge is 0.463 e. The summed E-state index contributed by atoms with van der Waals surface area (Å²) in [7, 11) is 0. The minimum atomic E-state index is 0.289. The monoisotopic (exact) mass is 380 g/mol. The van der Waals surface area contributed by atoms with Crippen molar-refractivity contribution in [2.24, 2.45) is 5.92 Å². The van der Waals surface area contributed by atoms with Gasteiger partial charge in [-0.1, -0.05) is 0 Å². The number of furan rings is 1. The van der Waals surface area contributed by atoms with Crippen molar-refractivity contribution in [1.29, 1.82) is 0 Å². The normalized spacial score (nSPS) is 27.9. The van der Waals surface area contributed by atoms with Crippen LogP contribution < -0.4 is 15.8 Å². The zero-order valence-electron chi connectivity index (χ0n) is 15.6. The summed E-state index contributed by atoms with van der Waals surface area (Å²) in [6.45, 7) is 5.01. The second-order valence-corrected chi connectivity index (χ2v) is 8.01. The minimum absolute atomic E-state index is 0.289. The van der Waals surface area contributed by atoms with Gasteiger partial charge >= 0.3 is 0 Å². The number of aromatic nitrogens is 4. The van der Waals surface area contributed by atoms with Crippen molar-refractivity contribution in [2.45, 2.75) is 31.5 Å². The number of imidazole rings is 1. The Morgan fingerprint density at radius 3 is 3.07 bits per heavy atom. The Labute approximate surface area is 162 Å². The number of nitrogens with one attached hydrogen (secondary N) is 3. The summed E-state index contributed by atoms with van der Waals surface area (Å²) in [6, 6.07) is 5.07. The van der Waals surface area contributed by atoms with Crippen LogP contribution in [0.5, 0.6) is 0 Å². The highest BCUT2D eigenvalue weighted by molar-refractivity contribution is 5.82. The predicted octanol–water partition coefficient (Wildman–Crippen LogP) is 1.20. The van der Waals surface area contributed by atoms with Crippen LogP contribution in [0.15, 0.2) is 29.2 Å². The Morgan fingerprint density at radius 1 is 1.14 bits per heavy atom. The van der Waals surface area contributed by atoms with E-state index in [1.807, 2.05) is 0 Å². The van der Waals surface area contributed by atoms with E-state index in [2.05, 4.69) is 52.7 Å². The molecule has 0 bridgehead atoms. The van der Waals surface area contributed by atoms with Gasteiger partial charge in [-0.15, -0.1) is 0 Å². The number of H-pyrrole nitrogens is 1. The summed E-state index contributed by atoms with van der Waals surface area (Å²) in [6.07, 6.45) is 5.59. The first-order chi connectivity index (χ1) is 13.8. The Hall–Kier alpha value is -2.49. The number of hydrogen-bond acceptors (Lipinski definition) is 8. The molecule has 0 aliphatic carbocycles. The van der Waals surface area contributed by atoms with Crippen LogP contribution in [0.4, 0.5) is 5.82 Å². The maximum Gasteiger partial charge on any atom is 0.182 e. The molecule has 9 heteroatoms. The summed E-state index contributed by atoms with van der Waals surface area (Å²) in [4.78, 5) is 21.2. The Bertz CT molecular complexity index is 977. The Balaban J connectivity index is 1.17. The van der Waals surface area contributed by atoms with Crippen LogP contribution in [0.2, 0.25) is 0 Å². The molecule has 3 N–H and O–H groups in total. The molecule has 0 aromatic carbocycles. The number of rotatable bonds is 4. The number of fused-ring (bicyclic) bond motifs is 2. The lowest BCUT2D eigenvalue weighted by Crippen LogP contribution is -2.35. The average molecular weight is 380 g/mol. The third-order valence-corrected chi connectivity index (χ3v) is 6.38. The molecule has 3 aliphatic heterocycles. The van der Waals surface area contributed by atoms with Crippen molar-refractivity contribution in [3.8, 4) is 0 Å². The van der Waals surface area contributed by atoms with Gasteiger partial charge < -0.3 is 14.3 Å². The fourth-order valence-corrected chi connectivity index (χ4v) is 4.97. The van der Waals surface area contributed by atoms with Gasteiger partial charge in [-0.2, -0.15) is 0 Å². The fourth-order valence-electron chi connectivity index (χ4n) is 4.97. The molecule has 0 spiro atoms. The van der Waals surface area contributed by atoms with Gasteiger partial charge in [0.25, 0.3) is 0 Å². The predicted molar refractivity (Wildman–Crippen MR) is 103 cm³/mol. The molecule has 0 saturated carbocycles. The van der Waals surface area contributed by atoms with Crippen molar-refractivity contribution in [2.75, 3.05) is 31.1 Å². The quantitative estimate of drug-likeness (QED) is 0.621. The van der Waals surface area contributed by atoms with Crippen LogP contribution in [0, 0.1) is 5.92 Å².